The molecule has 1 fully saturated rings. The van der Waals surface area contributed by atoms with Gasteiger partial charge in [-0.25, -0.2) is 4.79 Å². The van der Waals surface area contributed by atoms with Crippen molar-refractivity contribution in [3.05, 3.63) is 0 Å². The normalized spacial score (nSPS) is 19.5. The van der Waals surface area contributed by atoms with Crippen molar-refractivity contribution in [1.82, 2.24) is 9.80 Å². The standard InChI is InChI=1S/C17H29N3O3/c1-4-5-13-23-17(22)20-10-6-7-15(9-12-20)19(3)11-8-14(2)16(18)21/h14-15H,6-13H2,1-3H3,(H2,18,21). The van der Waals surface area contributed by atoms with E-state index in [-0.39, 0.29) is 24.5 Å². The fourth-order valence-corrected chi connectivity index (χ4v) is 2.69. The van der Waals surface area contributed by atoms with Crippen LogP contribution in [0.4, 0.5) is 4.79 Å². The highest BCUT2D eigenvalue weighted by Crippen LogP contribution is 2.17. The van der Waals surface area contributed by atoms with Crippen molar-refractivity contribution in [1.29, 1.82) is 0 Å². The van der Waals surface area contributed by atoms with Gasteiger partial charge in [-0.1, -0.05) is 12.8 Å². The number of hydrogen-bond acceptors (Lipinski definition) is 4. The summed E-state index contributed by atoms with van der Waals surface area (Å²) < 4.78 is 5.13. The second-order valence-corrected chi connectivity index (χ2v) is 6.13. The highest BCUT2D eigenvalue weighted by molar-refractivity contribution is 5.76. The van der Waals surface area contributed by atoms with E-state index in [4.69, 9.17) is 10.5 Å². The highest BCUT2D eigenvalue weighted by atomic mass is 16.6. The van der Waals surface area contributed by atoms with Crippen LogP contribution in [0.2, 0.25) is 0 Å². The smallest absolute Gasteiger partial charge is 0.410 e. The van der Waals surface area contributed by atoms with Gasteiger partial charge in [0.05, 0.1) is 0 Å². The molecule has 0 aromatic heterocycles. The second-order valence-electron chi connectivity index (χ2n) is 6.13. The molecule has 1 heterocycles. The lowest BCUT2D eigenvalue weighted by Gasteiger charge is -2.27. The average Bonchev–Trinajstić information content (AvgIpc) is 2.78. The van der Waals surface area contributed by atoms with Gasteiger partial charge in [0.15, 0.2) is 6.61 Å². The molecule has 2 amide bonds. The molecular weight excluding hydrogens is 294 g/mol. The second kappa shape index (κ2) is 10.1. The number of carbonyl (C=O) groups excluding carboxylic acids is 2. The SMILES string of the molecule is CC#CCOC(=O)N1CCCC(N(C)CCC(C)C(N)=O)CC1. The lowest BCUT2D eigenvalue weighted by molar-refractivity contribution is -0.121. The molecule has 0 radical (unpaired) electrons. The van der Waals surface area contributed by atoms with Crippen LogP contribution in [0.25, 0.3) is 0 Å². The van der Waals surface area contributed by atoms with E-state index in [1.54, 1.807) is 11.8 Å². The van der Waals surface area contributed by atoms with Crippen molar-refractivity contribution < 1.29 is 14.3 Å². The molecular formula is C17H29N3O3. The number of carbonyl (C=O) groups is 2. The molecule has 0 aliphatic carbocycles. The Morgan fingerprint density at radius 2 is 2.13 bits per heavy atom. The first-order chi connectivity index (χ1) is 11.0. The largest absolute Gasteiger partial charge is 0.436 e. The summed E-state index contributed by atoms with van der Waals surface area (Å²) in [6, 6.07) is 0.420. The molecule has 1 aliphatic rings. The lowest BCUT2D eigenvalue weighted by Crippen LogP contribution is -2.36. The van der Waals surface area contributed by atoms with Crippen LogP contribution in [0.5, 0.6) is 0 Å². The van der Waals surface area contributed by atoms with Gasteiger partial charge in [0.2, 0.25) is 5.91 Å². The van der Waals surface area contributed by atoms with Crippen molar-refractivity contribution in [3.63, 3.8) is 0 Å². The monoisotopic (exact) mass is 323 g/mol. The molecule has 2 N–H and O–H groups in total. The fourth-order valence-electron chi connectivity index (χ4n) is 2.69. The van der Waals surface area contributed by atoms with Crippen LogP contribution in [-0.4, -0.2) is 61.1 Å². The van der Waals surface area contributed by atoms with Crippen LogP contribution in [0.1, 0.15) is 39.5 Å². The van der Waals surface area contributed by atoms with Gasteiger partial charge in [0.25, 0.3) is 0 Å². The summed E-state index contributed by atoms with van der Waals surface area (Å²) in [5.41, 5.74) is 5.30. The quantitative estimate of drug-likeness (QED) is 0.751. The summed E-state index contributed by atoms with van der Waals surface area (Å²) in [5.74, 6) is 5.09. The lowest BCUT2D eigenvalue weighted by atomic mass is 10.0. The van der Waals surface area contributed by atoms with Crippen molar-refractivity contribution in [3.8, 4) is 11.8 Å². The molecule has 1 saturated heterocycles. The van der Waals surface area contributed by atoms with E-state index in [1.165, 1.54) is 0 Å². The molecule has 1 rings (SSSR count). The summed E-state index contributed by atoms with van der Waals surface area (Å²) in [5, 5.41) is 0. The van der Waals surface area contributed by atoms with E-state index < -0.39 is 0 Å². The molecule has 0 saturated carbocycles. The Morgan fingerprint density at radius 3 is 2.78 bits per heavy atom. The number of likely N-dealkylation sites (tertiary alicyclic amines) is 1. The Hall–Kier alpha value is -1.74. The number of nitrogens with zero attached hydrogens (tertiary/aromatic N) is 2. The first kappa shape index (κ1) is 19.3. The Kier molecular flexibility index (Phi) is 8.49. The van der Waals surface area contributed by atoms with Gasteiger partial charge in [-0.15, -0.1) is 5.92 Å². The molecule has 130 valence electrons. The molecule has 1 aliphatic heterocycles. The molecule has 0 aromatic rings. The molecule has 6 heteroatoms. The fraction of sp³-hybridized carbons (Fsp3) is 0.765. The number of primary amides is 1. The Bertz CT molecular complexity index is 456. The zero-order chi connectivity index (χ0) is 17.2. The van der Waals surface area contributed by atoms with E-state index in [2.05, 4.69) is 23.8 Å². The third kappa shape index (κ3) is 6.91. The van der Waals surface area contributed by atoms with Crippen LogP contribution >= 0.6 is 0 Å². The minimum absolute atomic E-state index is 0.102. The predicted octanol–water partition coefficient (Wildman–Crippen LogP) is 1.44. The van der Waals surface area contributed by atoms with Gasteiger partial charge in [-0.3, -0.25) is 4.79 Å². The summed E-state index contributed by atoms with van der Waals surface area (Å²) in [6.45, 7) is 5.99. The Morgan fingerprint density at radius 1 is 1.39 bits per heavy atom. The first-order valence-corrected chi connectivity index (χ1v) is 8.26. The van der Waals surface area contributed by atoms with Crippen molar-refractivity contribution in [2.24, 2.45) is 11.7 Å². The molecule has 6 nitrogen and oxygen atoms in total. The van der Waals surface area contributed by atoms with Gasteiger partial charge >= 0.3 is 6.09 Å². The minimum Gasteiger partial charge on any atom is -0.436 e. The van der Waals surface area contributed by atoms with Crippen LogP contribution < -0.4 is 5.73 Å². The van der Waals surface area contributed by atoms with Gasteiger partial charge < -0.3 is 20.3 Å². The number of rotatable bonds is 6. The van der Waals surface area contributed by atoms with E-state index in [0.717, 1.165) is 38.8 Å². The zero-order valence-corrected chi connectivity index (χ0v) is 14.5. The maximum Gasteiger partial charge on any atom is 0.410 e. The van der Waals surface area contributed by atoms with E-state index in [0.29, 0.717) is 12.6 Å². The summed E-state index contributed by atoms with van der Waals surface area (Å²) in [6.07, 6.45) is 3.40. The Balaban J connectivity index is 2.40. The number of hydrogen-bond donors (Lipinski definition) is 1. The average molecular weight is 323 g/mol. The van der Waals surface area contributed by atoms with E-state index in [9.17, 15) is 9.59 Å². The summed E-state index contributed by atoms with van der Waals surface area (Å²) in [4.78, 5) is 27.1. The van der Waals surface area contributed by atoms with Gasteiger partial charge in [0, 0.05) is 25.0 Å². The first-order valence-electron chi connectivity index (χ1n) is 8.26. The Labute approximate surface area is 139 Å². The highest BCUT2D eigenvalue weighted by Gasteiger charge is 2.24. The summed E-state index contributed by atoms with van der Waals surface area (Å²) in [7, 11) is 2.07. The van der Waals surface area contributed by atoms with Gasteiger partial charge in [-0.05, 0) is 46.2 Å². The molecule has 0 bridgehead atoms. The van der Waals surface area contributed by atoms with Gasteiger partial charge in [-0.2, -0.15) is 0 Å². The molecule has 0 spiro atoms. The maximum absolute atomic E-state index is 12.0. The van der Waals surface area contributed by atoms with Crippen LogP contribution in [0.15, 0.2) is 0 Å². The topological polar surface area (TPSA) is 75.9 Å². The predicted molar refractivity (Wildman–Crippen MR) is 89.6 cm³/mol. The van der Waals surface area contributed by atoms with Crippen LogP contribution in [-0.2, 0) is 9.53 Å². The van der Waals surface area contributed by atoms with Crippen molar-refractivity contribution >= 4 is 12.0 Å². The minimum atomic E-state index is -0.279. The molecule has 0 aromatic carbocycles. The molecule has 2 atom stereocenters. The zero-order valence-electron chi connectivity index (χ0n) is 14.5. The van der Waals surface area contributed by atoms with Gasteiger partial charge in [0.1, 0.15) is 0 Å². The van der Waals surface area contributed by atoms with E-state index >= 15 is 0 Å². The number of amides is 2. The van der Waals surface area contributed by atoms with Crippen LogP contribution in [0, 0.1) is 17.8 Å². The third-order valence-corrected chi connectivity index (χ3v) is 4.42. The summed E-state index contributed by atoms with van der Waals surface area (Å²) >= 11 is 0. The number of nitrogens with two attached hydrogens (primary N) is 1. The maximum atomic E-state index is 12.0. The van der Waals surface area contributed by atoms with Crippen molar-refractivity contribution in [2.45, 2.75) is 45.6 Å². The van der Waals surface area contributed by atoms with Crippen LogP contribution in [0.3, 0.4) is 0 Å². The molecule has 23 heavy (non-hydrogen) atoms. The third-order valence-electron chi connectivity index (χ3n) is 4.42. The van der Waals surface area contributed by atoms with E-state index in [1.807, 2.05) is 6.92 Å². The van der Waals surface area contributed by atoms with Crippen molar-refractivity contribution in [2.75, 3.05) is 33.3 Å². The number of ether oxygens (including phenoxy) is 1. The molecule has 2 unspecified atom stereocenters.